The van der Waals surface area contributed by atoms with Gasteiger partial charge in [-0.1, -0.05) is 6.92 Å². The van der Waals surface area contributed by atoms with E-state index in [4.69, 9.17) is 5.73 Å². The Bertz CT molecular complexity index is 289. The standard InChI is InChI=1S/C9H16N4O2/c1-2-9(5-14,6-15)13-8-11-3-7(10)4-12-8/h3-4,14-15H,2,5-6,10H2,1H3,(H,11,12,13). The molecule has 0 aromatic carbocycles. The highest BCUT2D eigenvalue weighted by atomic mass is 16.3. The molecule has 1 heterocycles. The third kappa shape index (κ3) is 2.77. The first-order chi connectivity index (χ1) is 7.15. The van der Waals surface area contributed by atoms with Crippen LogP contribution in [0.2, 0.25) is 0 Å². The number of nitrogens with one attached hydrogen (secondary N) is 1. The summed E-state index contributed by atoms with van der Waals surface area (Å²) in [5.41, 5.74) is 5.12. The highest BCUT2D eigenvalue weighted by Gasteiger charge is 2.27. The zero-order valence-electron chi connectivity index (χ0n) is 8.64. The second-order valence-corrected chi connectivity index (χ2v) is 3.42. The molecule has 0 atom stereocenters. The normalized spacial score (nSPS) is 11.4. The van der Waals surface area contributed by atoms with Crippen molar-refractivity contribution in [2.24, 2.45) is 0 Å². The van der Waals surface area contributed by atoms with E-state index in [0.29, 0.717) is 18.1 Å². The van der Waals surface area contributed by atoms with E-state index in [1.54, 1.807) is 0 Å². The van der Waals surface area contributed by atoms with Crippen molar-refractivity contribution in [2.45, 2.75) is 18.9 Å². The molecule has 0 bridgehead atoms. The van der Waals surface area contributed by atoms with Crippen LogP contribution in [-0.4, -0.2) is 38.9 Å². The molecule has 0 aliphatic heterocycles. The maximum atomic E-state index is 9.19. The van der Waals surface area contributed by atoms with E-state index < -0.39 is 5.54 Å². The van der Waals surface area contributed by atoms with Gasteiger partial charge in [0.1, 0.15) is 0 Å². The first kappa shape index (κ1) is 11.7. The molecular weight excluding hydrogens is 196 g/mol. The predicted octanol–water partition coefficient (Wildman–Crippen LogP) is -0.396. The lowest BCUT2D eigenvalue weighted by atomic mass is 9.99. The van der Waals surface area contributed by atoms with Gasteiger partial charge >= 0.3 is 0 Å². The summed E-state index contributed by atoms with van der Waals surface area (Å²) in [6.07, 6.45) is 3.49. The number of rotatable bonds is 5. The minimum absolute atomic E-state index is 0.187. The van der Waals surface area contributed by atoms with Crippen LogP contribution in [0.1, 0.15) is 13.3 Å². The van der Waals surface area contributed by atoms with Gasteiger partial charge in [0.15, 0.2) is 0 Å². The third-order valence-electron chi connectivity index (χ3n) is 2.33. The van der Waals surface area contributed by atoms with Gasteiger partial charge in [-0.3, -0.25) is 0 Å². The molecule has 0 aliphatic carbocycles. The number of anilines is 2. The number of aliphatic hydroxyl groups is 2. The van der Waals surface area contributed by atoms with E-state index >= 15 is 0 Å². The van der Waals surface area contributed by atoms with E-state index in [-0.39, 0.29) is 13.2 Å². The van der Waals surface area contributed by atoms with Crippen LogP contribution in [-0.2, 0) is 0 Å². The lowest BCUT2D eigenvalue weighted by Gasteiger charge is -2.29. The van der Waals surface area contributed by atoms with E-state index in [1.165, 1.54) is 12.4 Å². The molecule has 0 aliphatic rings. The average molecular weight is 212 g/mol. The van der Waals surface area contributed by atoms with Gasteiger partial charge in [0.25, 0.3) is 0 Å². The van der Waals surface area contributed by atoms with Crippen LogP contribution in [0.3, 0.4) is 0 Å². The van der Waals surface area contributed by atoms with Crippen LogP contribution in [0.5, 0.6) is 0 Å². The summed E-state index contributed by atoms with van der Waals surface area (Å²) in [4.78, 5) is 7.88. The molecule has 1 aromatic rings. The number of hydrogen-bond acceptors (Lipinski definition) is 6. The van der Waals surface area contributed by atoms with Crippen molar-refractivity contribution >= 4 is 11.6 Å². The van der Waals surface area contributed by atoms with Crippen molar-refractivity contribution in [3.05, 3.63) is 12.4 Å². The van der Waals surface area contributed by atoms with Crippen LogP contribution < -0.4 is 11.1 Å². The van der Waals surface area contributed by atoms with Crippen LogP contribution in [0.4, 0.5) is 11.6 Å². The summed E-state index contributed by atoms with van der Waals surface area (Å²) in [6, 6.07) is 0. The Labute approximate surface area is 88.2 Å². The largest absolute Gasteiger partial charge is 0.396 e. The molecule has 5 N–H and O–H groups in total. The minimum Gasteiger partial charge on any atom is -0.396 e. The molecule has 1 rings (SSSR count). The molecule has 0 fully saturated rings. The molecule has 6 nitrogen and oxygen atoms in total. The van der Waals surface area contributed by atoms with Crippen molar-refractivity contribution in [3.63, 3.8) is 0 Å². The van der Waals surface area contributed by atoms with Gasteiger partial charge in [-0.2, -0.15) is 0 Å². The third-order valence-corrected chi connectivity index (χ3v) is 2.33. The van der Waals surface area contributed by atoms with E-state index in [2.05, 4.69) is 15.3 Å². The van der Waals surface area contributed by atoms with Gasteiger partial charge in [-0.05, 0) is 6.42 Å². The molecule has 0 amide bonds. The van der Waals surface area contributed by atoms with E-state index in [0.717, 1.165) is 0 Å². The van der Waals surface area contributed by atoms with E-state index in [9.17, 15) is 10.2 Å². The van der Waals surface area contributed by atoms with Gasteiger partial charge in [0, 0.05) is 0 Å². The molecule has 0 unspecified atom stereocenters. The van der Waals surface area contributed by atoms with Crippen LogP contribution in [0.25, 0.3) is 0 Å². The molecule has 6 heteroatoms. The number of aliphatic hydroxyl groups excluding tert-OH is 2. The van der Waals surface area contributed by atoms with Gasteiger partial charge < -0.3 is 21.3 Å². The summed E-state index contributed by atoms with van der Waals surface area (Å²) in [5.74, 6) is 0.342. The number of hydrogen-bond donors (Lipinski definition) is 4. The summed E-state index contributed by atoms with van der Waals surface area (Å²) in [7, 11) is 0. The summed E-state index contributed by atoms with van der Waals surface area (Å²) >= 11 is 0. The fourth-order valence-electron chi connectivity index (χ4n) is 1.08. The molecule has 84 valence electrons. The number of nitrogen functional groups attached to an aromatic ring is 1. The second-order valence-electron chi connectivity index (χ2n) is 3.42. The van der Waals surface area contributed by atoms with Crippen LogP contribution in [0.15, 0.2) is 12.4 Å². The van der Waals surface area contributed by atoms with Crippen LogP contribution >= 0.6 is 0 Å². The molecule has 1 aromatic heterocycles. The van der Waals surface area contributed by atoms with Crippen molar-refractivity contribution in [2.75, 3.05) is 24.3 Å². The monoisotopic (exact) mass is 212 g/mol. The molecule has 0 radical (unpaired) electrons. The summed E-state index contributed by atoms with van der Waals surface area (Å²) in [5, 5.41) is 21.3. The van der Waals surface area contributed by atoms with Crippen LogP contribution in [0, 0.1) is 0 Å². The molecule has 0 saturated heterocycles. The van der Waals surface area contributed by atoms with Crippen molar-refractivity contribution in [1.82, 2.24) is 9.97 Å². The number of nitrogens with zero attached hydrogens (tertiary/aromatic N) is 2. The van der Waals surface area contributed by atoms with Crippen molar-refractivity contribution in [1.29, 1.82) is 0 Å². The van der Waals surface area contributed by atoms with Crippen molar-refractivity contribution < 1.29 is 10.2 Å². The first-order valence-electron chi connectivity index (χ1n) is 4.73. The first-order valence-corrected chi connectivity index (χ1v) is 4.73. The van der Waals surface area contributed by atoms with Crippen molar-refractivity contribution in [3.8, 4) is 0 Å². The Kier molecular flexibility index (Phi) is 3.81. The van der Waals surface area contributed by atoms with Gasteiger partial charge in [0.05, 0.1) is 36.8 Å². The highest BCUT2D eigenvalue weighted by molar-refractivity contribution is 5.37. The number of aromatic nitrogens is 2. The second kappa shape index (κ2) is 4.90. The fraction of sp³-hybridized carbons (Fsp3) is 0.556. The predicted molar refractivity (Wildman–Crippen MR) is 57.3 cm³/mol. The van der Waals surface area contributed by atoms with Gasteiger partial charge in [-0.25, -0.2) is 9.97 Å². The zero-order chi connectivity index (χ0) is 11.3. The Hall–Kier alpha value is -1.40. The Morgan fingerprint density at radius 1 is 1.33 bits per heavy atom. The minimum atomic E-state index is -0.782. The zero-order valence-corrected chi connectivity index (χ0v) is 8.64. The average Bonchev–Trinajstić information content (AvgIpc) is 2.29. The lowest BCUT2D eigenvalue weighted by molar-refractivity contribution is 0.132. The lowest BCUT2D eigenvalue weighted by Crippen LogP contribution is -2.45. The topological polar surface area (TPSA) is 104 Å². The SMILES string of the molecule is CCC(CO)(CO)Nc1ncc(N)cn1. The number of nitrogens with two attached hydrogens (primary N) is 1. The molecule has 0 saturated carbocycles. The van der Waals surface area contributed by atoms with Gasteiger partial charge in [-0.15, -0.1) is 0 Å². The highest BCUT2D eigenvalue weighted by Crippen LogP contribution is 2.14. The Morgan fingerprint density at radius 2 is 1.87 bits per heavy atom. The Balaban J connectivity index is 2.78. The maximum absolute atomic E-state index is 9.19. The summed E-state index contributed by atoms with van der Waals surface area (Å²) in [6.45, 7) is 1.48. The van der Waals surface area contributed by atoms with E-state index in [1.807, 2.05) is 6.92 Å². The quantitative estimate of drug-likeness (QED) is 0.529. The molecule has 0 spiro atoms. The maximum Gasteiger partial charge on any atom is 0.223 e. The smallest absolute Gasteiger partial charge is 0.223 e. The fourth-order valence-corrected chi connectivity index (χ4v) is 1.08. The molecule has 15 heavy (non-hydrogen) atoms. The Morgan fingerprint density at radius 3 is 2.27 bits per heavy atom. The summed E-state index contributed by atoms with van der Waals surface area (Å²) < 4.78 is 0. The molecular formula is C9H16N4O2. The van der Waals surface area contributed by atoms with Gasteiger partial charge in [0.2, 0.25) is 5.95 Å².